The number of amides is 1. The first-order valence-electron chi connectivity index (χ1n) is 6.71. The molecule has 1 fully saturated rings. The molecule has 1 aliphatic heterocycles. The number of nitrogens with zero attached hydrogens (tertiary/aromatic N) is 2. The minimum Gasteiger partial charge on any atom is -0.444 e. The molecule has 5 heteroatoms. The SMILES string of the molecule is CN(C(=O)OC(C)(C)C)[C@H]1CCCN(CCN)C1. The zero-order valence-corrected chi connectivity index (χ0v) is 12.1. The van der Waals surface area contributed by atoms with Crippen LogP contribution < -0.4 is 5.73 Å². The smallest absolute Gasteiger partial charge is 0.410 e. The molecular weight excluding hydrogens is 230 g/mol. The largest absolute Gasteiger partial charge is 0.444 e. The summed E-state index contributed by atoms with van der Waals surface area (Å²) < 4.78 is 5.39. The number of likely N-dealkylation sites (tertiary alicyclic amines) is 1. The molecule has 0 aliphatic carbocycles. The van der Waals surface area contributed by atoms with Gasteiger partial charge in [-0.05, 0) is 40.2 Å². The number of hydrogen-bond donors (Lipinski definition) is 1. The zero-order valence-electron chi connectivity index (χ0n) is 12.1. The highest BCUT2D eigenvalue weighted by molar-refractivity contribution is 5.68. The van der Waals surface area contributed by atoms with Crippen LogP contribution in [0.15, 0.2) is 0 Å². The Balaban J connectivity index is 2.50. The Morgan fingerprint density at radius 2 is 2.17 bits per heavy atom. The Kier molecular flexibility index (Phi) is 5.41. The topological polar surface area (TPSA) is 58.8 Å². The lowest BCUT2D eigenvalue weighted by molar-refractivity contribution is 0.0137. The Bertz CT molecular complexity index is 274. The van der Waals surface area contributed by atoms with E-state index in [1.165, 1.54) is 0 Å². The van der Waals surface area contributed by atoms with Gasteiger partial charge in [0, 0.05) is 32.7 Å². The molecule has 1 atom stereocenters. The monoisotopic (exact) mass is 257 g/mol. The summed E-state index contributed by atoms with van der Waals surface area (Å²) in [6.07, 6.45) is 1.91. The number of likely N-dealkylation sites (N-methyl/N-ethyl adjacent to an activating group) is 1. The van der Waals surface area contributed by atoms with Gasteiger partial charge in [0.15, 0.2) is 0 Å². The van der Waals surface area contributed by atoms with Crippen LogP contribution in [0.25, 0.3) is 0 Å². The Morgan fingerprint density at radius 3 is 2.72 bits per heavy atom. The van der Waals surface area contributed by atoms with Crippen molar-refractivity contribution in [1.82, 2.24) is 9.80 Å². The summed E-state index contributed by atoms with van der Waals surface area (Å²) in [6, 6.07) is 0.236. The van der Waals surface area contributed by atoms with Gasteiger partial charge in [-0.25, -0.2) is 4.79 Å². The second-order valence-electron chi connectivity index (χ2n) is 5.98. The normalized spacial score (nSPS) is 21.7. The van der Waals surface area contributed by atoms with Crippen LogP contribution in [0.3, 0.4) is 0 Å². The maximum absolute atomic E-state index is 12.0. The minimum absolute atomic E-state index is 0.234. The summed E-state index contributed by atoms with van der Waals surface area (Å²) in [5.41, 5.74) is 5.14. The fourth-order valence-corrected chi connectivity index (χ4v) is 2.22. The molecule has 1 aliphatic rings. The second kappa shape index (κ2) is 6.38. The molecule has 0 spiro atoms. The van der Waals surface area contributed by atoms with Crippen LogP contribution in [0, 0.1) is 0 Å². The summed E-state index contributed by atoms with van der Waals surface area (Å²) in [5.74, 6) is 0. The Morgan fingerprint density at radius 1 is 1.50 bits per heavy atom. The maximum Gasteiger partial charge on any atom is 0.410 e. The highest BCUT2D eigenvalue weighted by Crippen LogP contribution is 2.17. The first-order valence-corrected chi connectivity index (χ1v) is 6.71. The van der Waals surface area contributed by atoms with Crippen molar-refractivity contribution in [2.45, 2.75) is 45.3 Å². The van der Waals surface area contributed by atoms with E-state index in [4.69, 9.17) is 10.5 Å². The lowest BCUT2D eigenvalue weighted by atomic mass is 10.0. The molecule has 0 radical (unpaired) electrons. The van der Waals surface area contributed by atoms with Crippen LogP contribution >= 0.6 is 0 Å². The molecule has 0 unspecified atom stereocenters. The third-order valence-electron chi connectivity index (χ3n) is 3.16. The molecule has 1 heterocycles. The van der Waals surface area contributed by atoms with Crippen LogP contribution in [-0.2, 0) is 4.74 Å². The highest BCUT2D eigenvalue weighted by Gasteiger charge is 2.28. The predicted molar refractivity (Wildman–Crippen MR) is 72.5 cm³/mol. The number of carbonyl (C=O) groups excluding carboxylic acids is 1. The summed E-state index contributed by atoms with van der Waals surface area (Å²) in [4.78, 5) is 16.0. The summed E-state index contributed by atoms with van der Waals surface area (Å²) in [5, 5.41) is 0. The molecule has 18 heavy (non-hydrogen) atoms. The predicted octanol–water partition coefficient (Wildman–Crippen LogP) is 1.28. The van der Waals surface area contributed by atoms with Crippen molar-refractivity contribution in [2.75, 3.05) is 33.2 Å². The summed E-state index contributed by atoms with van der Waals surface area (Å²) >= 11 is 0. The van der Waals surface area contributed by atoms with Gasteiger partial charge in [-0.2, -0.15) is 0 Å². The van der Waals surface area contributed by atoms with Crippen molar-refractivity contribution < 1.29 is 9.53 Å². The van der Waals surface area contributed by atoms with Crippen LogP contribution in [0.1, 0.15) is 33.6 Å². The average Bonchev–Trinajstić information content (AvgIpc) is 2.26. The first-order chi connectivity index (χ1) is 8.33. The van der Waals surface area contributed by atoms with Gasteiger partial charge in [-0.15, -0.1) is 0 Å². The van der Waals surface area contributed by atoms with Gasteiger partial charge in [0.2, 0.25) is 0 Å². The molecule has 5 nitrogen and oxygen atoms in total. The number of piperidine rings is 1. The molecule has 1 amide bonds. The van der Waals surface area contributed by atoms with E-state index in [2.05, 4.69) is 4.90 Å². The van der Waals surface area contributed by atoms with Gasteiger partial charge in [0.25, 0.3) is 0 Å². The summed E-state index contributed by atoms with van der Waals surface area (Å²) in [6.45, 7) is 9.21. The first kappa shape index (κ1) is 15.2. The average molecular weight is 257 g/mol. The van der Waals surface area contributed by atoms with E-state index in [1.807, 2.05) is 27.8 Å². The van der Waals surface area contributed by atoms with Gasteiger partial charge in [0.05, 0.1) is 0 Å². The van der Waals surface area contributed by atoms with E-state index in [0.29, 0.717) is 6.54 Å². The van der Waals surface area contributed by atoms with E-state index >= 15 is 0 Å². The third kappa shape index (κ3) is 4.82. The third-order valence-corrected chi connectivity index (χ3v) is 3.16. The quantitative estimate of drug-likeness (QED) is 0.827. The van der Waals surface area contributed by atoms with E-state index in [9.17, 15) is 4.79 Å². The molecule has 106 valence electrons. The van der Waals surface area contributed by atoms with Gasteiger partial charge in [-0.3, -0.25) is 0 Å². The van der Waals surface area contributed by atoms with Gasteiger partial charge in [-0.1, -0.05) is 0 Å². The molecule has 0 aromatic rings. The minimum atomic E-state index is -0.434. The molecule has 0 bridgehead atoms. The second-order valence-corrected chi connectivity index (χ2v) is 5.98. The number of rotatable bonds is 3. The summed E-state index contributed by atoms with van der Waals surface area (Å²) in [7, 11) is 1.82. The fourth-order valence-electron chi connectivity index (χ4n) is 2.22. The van der Waals surface area contributed by atoms with E-state index < -0.39 is 5.60 Å². The number of nitrogens with two attached hydrogens (primary N) is 1. The van der Waals surface area contributed by atoms with Crippen LogP contribution in [0.2, 0.25) is 0 Å². The Labute approximate surface area is 110 Å². The lowest BCUT2D eigenvalue weighted by Crippen LogP contribution is -2.50. The van der Waals surface area contributed by atoms with Crippen molar-refractivity contribution in [2.24, 2.45) is 5.73 Å². The van der Waals surface area contributed by atoms with Crippen molar-refractivity contribution in [3.63, 3.8) is 0 Å². The van der Waals surface area contributed by atoms with Crippen LogP contribution in [0.5, 0.6) is 0 Å². The van der Waals surface area contributed by atoms with Gasteiger partial charge >= 0.3 is 6.09 Å². The number of ether oxygens (including phenoxy) is 1. The molecular formula is C13H27N3O2. The molecule has 1 saturated heterocycles. The maximum atomic E-state index is 12.0. The Hall–Kier alpha value is -0.810. The lowest BCUT2D eigenvalue weighted by Gasteiger charge is -2.37. The zero-order chi connectivity index (χ0) is 13.8. The van der Waals surface area contributed by atoms with Gasteiger partial charge < -0.3 is 20.3 Å². The number of carbonyl (C=O) groups is 1. The van der Waals surface area contributed by atoms with Crippen LogP contribution in [-0.4, -0.2) is 60.8 Å². The molecule has 0 aromatic carbocycles. The number of hydrogen-bond acceptors (Lipinski definition) is 4. The van der Waals surface area contributed by atoms with Gasteiger partial charge in [0.1, 0.15) is 5.60 Å². The molecule has 0 saturated carbocycles. The molecule has 0 aromatic heterocycles. The van der Waals surface area contributed by atoms with E-state index in [0.717, 1.165) is 32.5 Å². The van der Waals surface area contributed by atoms with E-state index in [-0.39, 0.29) is 12.1 Å². The standard InChI is InChI=1S/C13H27N3O2/c1-13(2,3)18-12(17)15(4)11-6-5-8-16(10-11)9-7-14/h11H,5-10,14H2,1-4H3/t11-/m0/s1. The fraction of sp³-hybridized carbons (Fsp3) is 0.923. The van der Waals surface area contributed by atoms with Crippen molar-refractivity contribution in [3.8, 4) is 0 Å². The van der Waals surface area contributed by atoms with Crippen molar-refractivity contribution in [3.05, 3.63) is 0 Å². The molecule has 2 N–H and O–H groups in total. The highest BCUT2D eigenvalue weighted by atomic mass is 16.6. The van der Waals surface area contributed by atoms with E-state index in [1.54, 1.807) is 4.90 Å². The van der Waals surface area contributed by atoms with Crippen LogP contribution in [0.4, 0.5) is 4.79 Å². The van der Waals surface area contributed by atoms with Crippen molar-refractivity contribution >= 4 is 6.09 Å². The van der Waals surface area contributed by atoms with Crippen molar-refractivity contribution in [1.29, 1.82) is 0 Å². The molecule has 1 rings (SSSR count).